The molecule has 7 heteroatoms. The SMILES string of the molecule is Cn1nc(C(=O)Cl)c(=O)[nH]c1=O. The van der Waals surface area contributed by atoms with Crippen LogP contribution in [0, 0.1) is 0 Å². The maximum absolute atomic E-state index is 10.8. The highest BCUT2D eigenvalue weighted by Crippen LogP contribution is 1.87. The van der Waals surface area contributed by atoms with Crippen molar-refractivity contribution in [1.29, 1.82) is 0 Å². The van der Waals surface area contributed by atoms with E-state index in [9.17, 15) is 14.4 Å². The first-order chi connectivity index (χ1) is 5.52. The van der Waals surface area contributed by atoms with Gasteiger partial charge < -0.3 is 0 Å². The Bertz CT molecular complexity index is 432. The van der Waals surface area contributed by atoms with Crippen LogP contribution in [0.3, 0.4) is 0 Å². The molecule has 0 aliphatic rings. The zero-order valence-corrected chi connectivity index (χ0v) is 6.75. The first-order valence-corrected chi connectivity index (χ1v) is 3.27. The van der Waals surface area contributed by atoms with Crippen LogP contribution >= 0.6 is 11.6 Å². The van der Waals surface area contributed by atoms with Gasteiger partial charge in [0.25, 0.3) is 10.8 Å². The fraction of sp³-hybridized carbons (Fsp3) is 0.200. The summed E-state index contributed by atoms with van der Waals surface area (Å²) in [5, 5.41) is 2.36. The number of rotatable bonds is 1. The topological polar surface area (TPSA) is 84.8 Å². The molecule has 0 atom stereocenters. The molecule has 0 unspecified atom stereocenters. The highest BCUT2D eigenvalue weighted by molar-refractivity contribution is 6.67. The summed E-state index contributed by atoms with van der Waals surface area (Å²) >= 11 is 5.00. The third-order valence-corrected chi connectivity index (χ3v) is 1.34. The molecule has 0 aromatic carbocycles. The number of carbonyl (C=O) groups excluding carboxylic acids is 1. The van der Waals surface area contributed by atoms with Crippen molar-refractivity contribution in [2.45, 2.75) is 0 Å². The van der Waals surface area contributed by atoms with E-state index >= 15 is 0 Å². The Hall–Kier alpha value is -1.43. The number of H-pyrrole nitrogens is 1. The second kappa shape index (κ2) is 2.90. The van der Waals surface area contributed by atoms with Gasteiger partial charge >= 0.3 is 5.69 Å². The van der Waals surface area contributed by atoms with Crippen LogP contribution in [0.25, 0.3) is 0 Å². The minimum Gasteiger partial charge on any atom is -0.274 e. The molecule has 1 rings (SSSR count). The summed E-state index contributed by atoms with van der Waals surface area (Å²) in [5.41, 5.74) is -2.06. The Labute approximate surface area is 70.8 Å². The summed E-state index contributed by atoms with van der Waals surface area (Å²) in [6.07, 6.45) is 0. The zero-order chi connectivity index (χ0) is 9.30. The smallest absolute Gasteiger partial charge is 0.274 e. The molecule has 0 fully saturated rings. The van der Waals surface area contributed by atoms with Crippen molar-refractivity contribution in [1.82, 2.24) is 14.8 Å². The predicted molar refractivity (Wildman–Crippen MR) is 40.3 cm³/mol. The van der Waals surface area contributed by atoms with Crippen LogP contribution in [0.1, 0.15) is 10.5 Å². The molecular weight excluding hydrogens is 186 g/mol. The van der Waals surface area contributed by atoms with Gasteiger partial charge in [-0.3, -0.25) is 14.6 Å². The van der Waals surface area contributed by atoms with E-state index < -0.39 is 22.2 Å². The minimum atomic E-state index is -0.994. The van der Waals surface area contributed by atoms with Gasteiger partial charge in [-0.2, -0.15) is 5.10 Å². The highest BCUT2D eigenvalue weighted by atomic mass is 35.5. The molecule has 64 valence electrons. The molecule has 0 radical (unpaired) electrons. The number of nitrogens with zero attached hydrogens (tertiary/aromatic N) is 2. The summed E-state index contributed by atoms with van der Waals surface area (Å²) in [4.78, 5) is 33.9. The van der Waals surface area contributed by atoms with Crippen molar-refractivity contribution in [2.24, 2.45) is 7.05 Å². The van der Waals surface area contributed by atoms with Gasteiger partial charge in [0, 0.05) is 7.05 Å². The van der Waals surface area contributed by atoms with Crippen LogP contribution in [-0.4, -0.2) is 20.0 Å². The van der Waals surface area contributed by atoms with E-state index in [4.69, 9.17) is 11.6 Å². The largest absolute Gasteiger partial charge is 0.344 e. The summed E-state index contributed by atoms with van der Waals surface area (Å²) in [5.74, 6) is 0. The Kier molecular flexibility index (Phi) is 2.09. The first kappa shape index (κ1) is 8.66. The lowest BCUT2D eigenvalue weighted by Gasteiger charge is -1.94. The van der Waals surface area contributed by atoms with Gasteiger partial charge in [-0.15, -0.1) is 0 Å². The molecule has 1 aromatic rings. The maximum Gasteiger partial charge on any atom is 0.344 e. The molecule has 6 nitrogen and oxygen atoms in total. The number of carbonyl (C=O) groups is 1. The third-order valence-electron chi connectivity index (χ3n) is 1.17. The average molecular weight is 190 g/mol. The van der Waals surface area contributed by atoms with Crippen molar-refractivity contribution in [3.8, 4) is 0 Å². The molecule has 0 saturated carbocycles. The van der Waals surface area contributed by atoms with Crippen molar-refractivity contribution in [2.75, 3.05) is 0 Å². The van der Waals surface area contributed by atoms with E-state index in [1.807, 2.05) is 4.98 Å². The fourth-order valence-electron chi connectivity index (χ4n) is 0.607. The Balaban J connectivity index is 3.54. The van der Waals surface area contributed by atoms with E-state index in [-0.39, 0.29) is 0 Å². The normalized spacial score (nSPS) is 9.83. The quantitative estimate of drug-likeness (QED) is 0.565. The van der Waals surface area contributed by atoms with Gasteiger partial charge in [0.1, 0.15) is 0 Å². The predicted octanol–water partition coefficient (Wildman–Crippen LogP) is -1.15. The molecule has 12 heavy (non-hydrogen) atoms. The third kappa shape index (κ3) is 1.42. The lowest BCUT2D eigenvalue weighted by atomic mass is 10.5. The van der Waals surface area contributed by atoms with Crippen LogP contribution in [-0.2, 0) is 7.05 Å². The second-order valence-electron chi connectivity index (χ2n) is 2.01. The second-order valence-corrected chi connectivity index (χ2v) is 2.35. The zero-order valence-electron chi connectivity index (χ0n) is 6.00. The maximum atomic E-state index is 10.8. The molecule has 0 amide bonds. The minimum absolute atomic E-state index is 0.487. The molecule has 1 aromatic heterocycles. The van der Waals surface area contributed by atoms with Gasteiger partial charge in [-0.05, 0) is 11.6 Å². The van der Waals surface area contributed by atoms with Crippen LogP contribution in [0.5, 0.6) is 0 Å². The fourth-order valence-corrected chi connectivity index (χ4v) is 0.730. The van der Waals surface area contributed by atoms with Gasteiger partial charge in [0.05, 0.1) is 0 Å². The van der Waals surface area contributed by atoms with E-state index in [2.05, 4.69) is 5.10 Å². The Morgan fingerprint density at radius 2 is 2.17 bits per heavy atom. The monoisotopic (exact) mass is 189 g/mol. The summed E-state index contributed by atoms with van der Waals surface area (Å²) in [6, 6.07) is 0. The van der Waals surface area contributed by atoms with Crippen molar-refractivity contribution < 1.29 is 4.79 Å². The highest BCUT2D eigenvalue weighted by Gasteiger charge is 2.10. The lowest BCUT2D eigenvalue weighted by molar-refractivity contribution is 0.107. The molecular formula is C5H4ClN3O3. The van der Waals surface area contributed by atoms with Gasteiger partial charge in [0.15, 0.2) is 0 Å². The Morgan fingerprint density at radius 1 is 1.58 bits per heavy atom. The van der Waals surface area contributed by atoms with Crippen molar-refractivity contribution in [3.05, 3.63) is 26.5 Å². The van der Waals surface area contributed by atoms with Crippen LogP contribution < -0.4 is 11.2 Å². The standard InChI is InChI=1S/C5H4ClN3O3/c1-9-5(12)7-4(11)2(8-9)3(6)10/h1H3,(H,7,11,12). The lowest BCUT2D eigenvalue weighted by Crippen LogP contribution is -2.34. The number of hydrogen-bond acceptors (Lipinski definition) is 4. The first-order valence-electron chi connectivity index (χ1n) is 2.90. The summed E-state index contributed by atoms with van der Waals surface area (Å²) in [7, 11) is 1.29. The molecule has 0 bridgehead atoms. The van der Waals surface area contributed by atoms with Gasteiger partial charge in [0.2, 0.25) is 5.69 Å². The number of aryl methyl sites for hydroxylation is 1. The molecule has 0 aliphatic heterocycles. The Morgan fingerprint density at radius 3 is 2.67 bits per heavy atom. The number of hydrogen-bond donors (Lipinski definition) is 1. The average Bonchev–Trinajstić information content (AvgIpc) is 1.96. The van der Waals surface area contributed by atoms with Crippen LogP contribution in [0.15, 0.2) is 9.59 Å². The van der Waals surface area contributed by atoms with Gasteiger partial charge in [-0.25, -0.2) is 9.48 Å². The van der Waals surface area contributed by atoms with Crippen molar-refractivity contribution >= 4 is 16.8 Å². The summed E-state index contributed by atoms with van der Waals surface area (Å²) in [6.45, 7) is 0. The van der Waals surface area contributed by atoms with E-state index in [0.29, 0.717) is 0 Å². The number of halogens is 1. The molecule has 0 spiro atoms. The van der Waals surface area contributed by atoms with E-state index in [1.54, 1.807) is 0 Å². The number of nitrogens with one attached hydrogen (secondary N) is 1. The molecule has 1 heterocycles. The number of aromatic nitrogens is 3. The van der Waals surface area contributed by atoms with Gasteiger partial charge in [-0.1, -0.05) is 0 Å². The van der Waals surface area contributed by atoms with Crippen LogP contribution in [0.2, 0.25) is 0 Å². The van der Waals surface area contributed by atoms with Crippen LogP contribution in [0.4, 0.5) is 0 Å². The number of aromatic amines is 1. The molecule has 1 N–H and O–H groups in total. The molecule has 0 saturated heterocycles. The van der Waals surface area contributed by atoms with E-state index in [0.717, 1.165) is 4.68 Å². The summed E-state index contributed by atoms with van der Waals surface area (Å²) < 4.78 is 0.816. The molecule has 0 aliphatic carbocycles. The van der Waals surface area contributed by atoms with E-state index in [1.165, 1.54) is 7.05 Å². The van der Waals surface area contributed by atoms with Crippen molar-refractivity contribution in [3.63, 3.8) is 0 Å².